The molecule has 1 saturated carbocycles. The van der Waals surface area contributed by atoms with Crippen molar-refractivity contribution in [3.8, 4) is 0 Å². The largest absolute Gasteiger partial charge is 0.353 e. The molecule has 1 amide bonds. The zero-order chi connectivity index (χ0) is 19.1. The van der Waals surface area contributed by atoms with Crippen LogP contribution in [0.3, 0.4) is 0 Å². The SMILES string of the molecule is C[C@@H]1CCc2c(sc3ncn4c(SCC(=O)NC5CCCCC5)nnc4c23)C1. The quantitative estimate of drug-likeness (QED) is 0.652. The smallest absolute Gasteiger partial charge is 0.230 e. The molecule has 2 aliphatic rings. The predicted molar refractivity (Wildman–Crippen MR) is 113 cm³/mol. The number of amides is 1. The van der Waals surface area contributed by atoms with Gasteiger partial charge in [-0.1, -0.05) is 37.9 Å². The van der Waals surface area contributed by atoms with E-state index in [0.29, 0.717) is 11.8 Å². The van der Waals surface area contributed by atoms with E-state index < -0.39 is 0 Å². The minimum absolute atomic E-state index is 0.0876. The normalized spacial score (nSPS) is 20.5. The summed E-state index contributed by atoms with van der Waals surface area (Å²) in [6, 6.07) is 0.345. The fraction of sp³-hybridized carbons (Fsp3) is 0.600. The highest BCUT2D eigenvalue weighted by Gasteiger charge is 2.24. The molecule has 1 N–H and O–H groups in total. The van der Waals surface area contributed by atoms with E-state index in [0.717, 1.165) is 47.2 Å². The van der Waals surface area contributed by atoms with Crippen LogP contribution in [0.15, 0.2) is 11.5 Å². The maximum atomic E-state index is 12.3. The third kappa shape index (κ3) is 3.41. The molecule has 0 aliphatic heterocycles. The zero-order valence-corrected chi connectivity index (χ0v) is 17.7. The maximum Gasteiger partial charge on any atom is 0.230 e. The van der Waals surface area contributed by atoms with E-state index in [9.17, 15) is 4.79 Å². The highest BCUT2D eigenvalue weighted by Crippen LogP contribution is 2.39. The topological polar surface area (TPSA) is 72.2 Å². The van der Waals surface area contributed by atoms with Crippen molar-refractivity contribution < 1.29 is 4.79 Å². The number of carbonyl (C=O) groups is 1. The summed E-state index contributed by atoms with van der Waals surface area (Å²) in [6.45, 7) is 2.32. The van der Waals surface area contributed by atoms with Gasteiger partial charge in [0, 0.05) is 10.9 Å². The van der Waals surface area contributed by atoms with E-state index in [4.69, 9.17) is 0 Å². The third-order valence-corrected chi connectivity index (χ3v) is 8.08. The number of hydrogen-bond donors (Lipinski definition) is 1. The number of thiophene rings is 1. The Morgan fingerprint density at radius 2 is 2.14 bits per heavy atom. The van der Waals surface area contributed by atoms with Gasteiger partial charge in [0.2, 0.25) is 5.91 Å². The molecule has 3 aromatic heterocycles. The molecule has 148 valence electrons. The highest BCUT2D eigenvalue weighted by atomic mass is 32.2. The van der Waals surface area contributed by atoms with Crippen LogP contribution in [0.25, 0.3) is 15.9 Å². The summed E-state index contributed by atoms with van der Waals surface area (Å²) in [5.41, 5.74) is 2.29. The van der Waals surface area contributed by atoms with Gasteiger partial charge >= 0.3 is 0 Å². The molecule has 8 heteroatoms. The lowest BCUT2D eigenvalue weighted by molar-refractivity contribution is -0.119. The third-order valence-electron chi connectivity index (χ3n) is 5.97. The van der Waals surface area contributed by atoms with E-state index in [1.807, 2.05) is 10.7 Å². The van der Waals surface area contributed by atoms with Crippen LogP contribution in [0.4, 0.5) is 0 Å². The Morgan fingerprint density at radius 3 is 3.00 bits per heavy atom. The summed E-state index contributed by atoms with van der Waals surface area (Å²) in [4.78, 5) is 19.5. The van der Waals surface area contributed by atoms with Gasteiger partial charge in [-0.25, -0.2) is 4.98 Å². The van der Waals surface area contributed by atoms with Crippen LogP contribution in [0, 0.1) is 5.92 Å². The first-order valence-corrected chi connectivity index (χ1v) is 12.1. The van der Waals surface area contributed by atoms with Crippen molar-refractivity contribution in [1.82, 2.24) is 24.9 Å². The van der Waals surface area contributed by atoms with Crippen LogP contribution in [0.2, 0.25) is 0 Å². The van der Waals surface area contributed by atoms with Gasteiger partial charge in [-0.3, -0.25) is 9.20 Å². The number of nitrogens with one attached hydrogen (secondary N) is 1. The van der Waals surface area contributed by atoms with Gasteiger partial charge in [-0.15, -0.1) is 21.5 Å². The molecule has 0 aromatic carbocycles. The average Bonchev–Trinajstić information content (AvgIpc) is 3.27. The minimum atomic E-state index is 0.0876. The molecule has 0 saturated heterocycles. The molecule has 3 heterocycles. The lowest BCUT2D eigenvalue weighted by Gasteiger charge is -2.22. The minimum Gasteiger partial charge on any atom is -0.353 e. The fourth-order valence-electron chi connectivity index (χ4n) is 4.46. The summed E-state index contributed by atoms with van der Waals surface area (Å²) in [6.07, 6.45) is 11.2. The molecule has 0 bridgehead atoms. The Hall–Kier alpha value is -1.67. The number of thioether (sulfide) groups is 1. The molecule has 5 rings (SSSR count). The van der Waals surface area contributed by atoms with Gasteiger partial charge in [0.25, 0.3) is 0 Å². The van der Waals surface area contributed by atoms with Crippen LogP contribution in [0.5, 0.6) is 0 Å². The van der Waals surface area contributed by atoms with Crippen LogP contribution in [0.1, 0.15) is 55.9 Å². The van der Waals surface area contributed by atoms with Gasteiger partial charge in [0.1, 0.15) is 11.2 Å². The molecule has 28 heavy (non-hydrogen) atoms. The first-order valence-electron chi connectivity index (χ1n) is 10.2. The number of aromatic nitrogens is 4. The van der Waals surface area contributed by atoms with Gasteiger partial charge in [0.15, 0.2) is 10.8 Å². The number of hydrogen-bond acceptors (Lipinski definition) is 6. The second kappa shape index (κ2) is 7.63. The highest BCUT2D eigenvalue weighted by molar-refractivity contribution is 7.99. The maximum absolute atomic E-state index is 12.3. The van der Waals surface area contributed by atoms with Gasteiger partial charge in [0.05, 0.1) is 11.1 Å². The number of nitrogens with zero attached hydrogens (tertiary/aromatic N) is 4. The number of fused-ring (bicyclic) bond motifs is 5. The lowest BCUT2D eigenvalue weighted by atomic mass is 9.89. The first-order chi connectivity index (χ1) is 13.7. The summed E-state index contributed by atoms with van der Waals surface area (Å²) in [5, 5.41) is 13.9. The summed E-state index contributed by atoms with van der Waals surface area (Å²) in [5.74, 6) is 1.20. The Kier molecular flexibility index (Phi) is 5.00. The number of carbonyl (C=O) groups excluding carboxylic acids is 1. The molecule has 6 nitrogen and oxygen atoms in total. The Balaban J connectivity index is 1.36. The van der Waals surface area contributed by atoms with E-state index in [-0.39, 0.29) is 5.91 Å². The summed E-state index contributed by atoms with van der Waals surface area (Å²) < 4.78 is 1.95. The standard InChI is InChI=1S/C20H25N5OS2/c1-12-7-8-14-15(9-12)28-19-17(14)18-23-24-20(25(18)11-21-19)27-10-16(26)22-13-5-3-2-4-6-13/h11-13H,2-10H2,1H3,(H,22,26)/t12-/m1/s1. The number of rotatable bonds is 4. The van der Waals surface area contributed by atoms with Gasteiger partial charge in [-0.2, -0.15) is 0 Å². The molecule has 0 unspecified atom stereocenters. The summed E-state index contributed by atoms with van der Waals surface area (Å²) >= 11 is 3.25. The van der Waals surface area contributed by atoms with Crippen molar-refractivity contribution in [3.63, 3.8) is 0 Å². The van der Waals surface area contributed by atoms with Crippen molar-refractivity contribution in [2.75, 3.05) is 5.75 Å². The molecular weight excluding hydrogens is 390 g/mol. The van der Waals surface area contributed by atoms with Crippen molar-refractivity contribution in [3.05, 3.63) is 16.8 Å². The predicted octanol–water partition coefficient (Wildman–Crippen LogP) is 4.00. The molecule has 0 spiro atoms. The molecule has 1 fully saturated rings. The number of aryl methyl sites for hydroxylation is 1. The van der Waals surface area contributed by atoms with E-state index >= 15 is 0 Å². The molecular formula is C20H25N5OS2. The van der Waals surface area contributed by atoms with Crippen molar-refractivity contribution in [2.24, 2.45) is 5.92 Å². The van der Waals surface area contributed by atoms with Crippen LogP contribution >= 0.6 is 23.1 Å². The Morgan fingerprint density at radius 1 is 1.29 bits per heavy atom. The Labute approximate surface area is 172 Å². The zero-order valence-electron chi connectivity index (χ0n) is 16.1. The molecule has 0 radical (unpaired) electrons. The van der Waals surface area contributed by atoms with Crippen LogP contribution in [-0.4, -0.2) is 37.3 Å². The monoisotopic (exact) mass is 415 g/mol. The summed E-state index contributed by atoms with van der Waals surface area (Å²) in [7, 11) is 0. The van der Waals surface area contributed by atoms with E-state index in [1.165, 1.54) is 53.3 Å². The first kappa shape index (κ1) is 18.4. The van der Waals surface area contributed by atoms with Crippen molar-refractivity contribution in [2.45, 2.75) is 69.5 Å². The Bertz CT molecular complexity index is 1020. The second-order valence-electron chi connectivity index (χ2n) is 8.14. The van der Waals surface area contributed by atoms with Gasteiger partial charge in [-0.05, 0) is 43.6 Å². The van der Waals surface area contributed by atoms with Crippen molar-refractivity contribution in [1.29, 1.82) is 0 Å². The molecule has 3 aromatic rings. The van der Waals surface area contributed by atoms with E-state index in [2.05, 4.69) is 27.4 Å². The molecule has 1 atom stereocenters. The lowest BCUT2D eigenvalue weighted by Crippen LogP contribution is -2.37. The average molecular weight is 416 g/mol. The van der Waals surface area contributed by atoms with Gasteiger partial charge < -0.3 is 5.32 Å². The molecule has 2 aliphatic carbocycles. The van der Waals surface area contributed by atoms with Crippen LogP contribution in [-0.2, 0) is 17.6 Å². The van der Waals surface area contributed by atoms with E-state index in [1.54, 1.807) is 11.3 Å². The second-order valence-corrected chi connectivity index (χ2v) is 10.2. The fourth-order valence-corrected chi connectivity index (χ4v) is 6.52. The van der Waals surface area contributed by atoms with Crippen molar-refractivity contribution >= 4 is 44.9 Å². The van der Waals surface area contributed by atoms with Crippen LogP contribution < -0.4 is 5.32 Å².